The molecule has 3 unspecified atom stereocenters. The Morgan fingerprint density at radius 2 is 2.03 bits per heavy atom. The Balaban J connectivity index is 1.41. The molecule has 2 fully saturated rings. The highest BCUT2D eigenvalue weighted by Gasteiger charge is 2.36. The van der Waals surface area contributed by atoms with Crippen LogP contribution in [0.1, 0.15) is 56.1 Å². The zero-order valence-electron chi connectivity index (χ0n) is 18.5. The average Bonchev–Trinajstić information content (AvgIpc) is 3.18. The van der Waals surface area contributed by atoms with Crippen LogP contribution in [0.4, 0.5) is 21.5 Å². The van der Waals surface area contributed by atoms with Gasteiger partial charge in [0.1, 0.15) is 5.82 Å². The van der Waals surface area contributed by atoms with Crippen LogP contribution in [0.15, 0.2) is 36.3 Å². The molecule has 1 aromatic heterocycles. The second-order valence-corrected chi connectivity index (χ2v) is 9.42. The SMILES string of the molecule is CC1CC(N)CC(c2ccncc2NN2c3ccc(F)c(/C=C(\C=N)N4CCCC4)c32)C1. The van der Waals surface area contributed by atoms with Crippen molar-refractivity contribution in [3.63, 3.8) is 0 Å². The fourth-order valence-corrected chi connectivity index (χ4v) is 5.43. The van der Waals surface area contributed by atoms with E-state index in [1.807, 2.05) is 17.4 Å². The summed E-state index contributed by atoms with van der Waals surface area (Å²) in [6, 6.07) is 5.60. The number of benzene rings is 1. The zero-order valence-corrected chi connectivity index (χ0v) is 18.5. The van der Waals surface area contributed by atoms with Gasteiger partial charge in [0.2, 0.25) is 0 Å². The first-order chi connectivity index (χ1) is 15.5. The molecule has 0 amide bonds. The van der Waals surface area contributed by atoms with E-state index >= 15 is 0 Å². The summed E-state index contributed by atoms with van der Waals surface area (Å²) >= 11 is 0. The summed E-state index contributed by atoms with van der Waals surface area (Å²) in [6.45, 7) is 4.10. The number of nitrogens with two attached hydrogens (primary N) is 1. The van der Waals surface area contributed by atoms with E-state index in [1.54, 1.807) is 12.1 Å². The Morgan fingerprint density at radius 3 is 2.78 bits per heavy atom. The number of likely N-dealkylation sites (tertiary alicyclic amines) is 1. The maximum absolute atomic E-state index is 14.8. The molecule has 0 bridgehead atoms. The van der Waals surface area contributed by atoms with Gasteiger partial charge in [0.25, 0.3) is 0 Å². The molecule has 0 spiro atoms. The van der Waals surface area contributed by atoms with E-state index in [2.05, 4.69) is 28.3 Å². The minimum absolute atomic E-state index is 0.221. The number of fused-ring (bicyclic) bond motifs is 1. The summed E-state index contributed by atoms with van der Waals surface area (Å²) in [5.41, 5.74) is 15.0. The second kappa shape index (κ2) is 8.54. The van der Waals surface area contributed by atoms with Crippen molar-refractivity contribution in [1.82, 2.24) is 9.88 Å². The van der Waals surface area contributed by atoms with Crippen molar-refractivity contribution >= 4 is 29.4 Å². The minimum atomic E-state index is -0.273. The van der Waals surface area contributed by atoms with Crippen LogP contribution in [-0.2, 0) is 0 Å². The molecule has 3 heterocycles. The molecule has 2 aliphatic heterocycles. The summed E-state index contributed by atoms with van der Waals surface area (Å²) in [5.74, 6) is 0.711. The smallest absolute Gasteiger partial charge is 0.132 e. The Labute approximate surface area is 188 Å². The number of rotatable bonds is 6. The van der Waals surface area contributed by atoms with Gasteiger partial charge in [-0.25, -0.2) is 4.39 Å². The molecular formula is C25H31FN6. The van der Waals surface area contributed by atoms with Crippen molar-refractivity contribution < 1.29 is 4.39 Å². The predicted octanol–water partition coefficient (Wildman–Crippen LogP) is 5.02. The first kappa shape index (κ1) is 20.9. The van der Waals surface area contributed by atoms with E-state index in [-0.39, 0.29) is 11.9 Å². The maximum atomic E-state index is 14.8. The summed E-state index contributed by atoms with van der Waals surface area (Å²) in [7, 11) is 0. The largest absolute Gasteiger partial charge is 0.370 e. The van der Waals surface area contributed by atoms with Gasteiger partial charge in [-0.1, -0.05) is 6.92 Å². The number of aromatic nitrogens is 1. The fourth-order valence-electron chi connectivity index (χ4n) is 5.43. The first-order valence-electron chi connectivity index (χ1n) is 11.6. The van der Waals surface area contributed by atoms with Crippen LogP contribution in [0.5, 0.6) is 0 Å². The van der Waals surface area contributed by atoms with Gasteiger partial charge in [-0.05, 0) is 73.8 Å². The topological polar surface area (TPSA) is 81.0 Å². The quantitative estimate of drug-likeness (QED) is 0.440. The third-order valence-corrected chi connectivity index (χ3v) is 6.97. The molecule has 5 rings (SSSR count). The highest BCUT2D eigenvalue weighted by atomic mass is 19.1. The number of anilines is 3. The van der Waals surface area contributed by atoms with Gasteiger partial charge in [0, 0.05) is 37.1 Å². The van der Waals surface area contributed by atoms with E-state index in [4.69, 9.17) is 11.1 Å². The highest BCUT2D eigenvalue weighted by molar-refractivity contribution is 6.02. The van der Waals surface area contributed by atoms with Gasteiger partial charge in [-0.15, -0.1) is 0 Å². The Bertz CT molecular complexity index is 1030. The molecule has 2 aromatic rings. The molecule has 4 N–H and O–H groups in total. The normalized spacial score (nSPS) is 25.0. The Kier molecular flexibility index (Phi) is 5.59. The fraction of sp³-hybridized carbons (Fsp3) is 0.440. The van der Waals surface area contributed by atoms with Gasteiger partial charge in [0.05, 0.1) is 29.0 Å². The number of nitrogens with one attached hydrogen (secondary N) is 2. The van der Waals surface area contributed by atoms with E-state index in [1.165, 1.54) is 17.8 Å². The number of pyridine rings is 1. The van der Waals surface area contributed by atoms with Gasteiger partial charge in [-0.3, -0.25) is 15.4 Å². The lowest BCUT2D eigenvalue weighted by Crippen LogP contribution is -2.31. The average molecular weight is 435 g/mol. The summed E-state index contributed by atoms with van der Waals surface area (Å²) in [5, 5.41) is 9.75. The molecule has 3 aliphatic rings. The van der Waals surface area contributed by atoms with Crippen LogP contribution in [0.3, 0.4) is 0 Å². The van der Waals surface area contributed by atoms with Crippen molar-refractivity contribution in [2.45, 2.75) is 51.0 Å². The summed E-state index contributed by atoms with van der Waals surface area (Å²) in [4.78, 5) is 6.48. The molecule has 168 valence electrons. The number of halogens is 1. The lowest BCUT2D eigenvalue weighted by molar-refractivity contribution is 0.308. The lowest BCUT2D eigenvalue weighted by Gasteiger charge is -2.32. The van der Waals surface area contributed by atoms with Gasteiger partial charge >= 0.3 is 0 Å². The number of hydrogen-bond acceptors (Lipinski definition) is 6. The monoisotopic (exact) mass is 434 g/mol. The molecule has 1 aromatic carbocycles. The van der Waals surface area contributed by atoms with Crippen molar-refractivity contribution in [2.24, 2.45) is 11.7 Å². The van der Waals surface area contributed by atoms with E-state index in [0.29, 0.717) is 17.4 Å². The van der Waals surface area contributed by atoms with Crippen LogP contribution >= 0.6 is 0 Å². The molecular weight excluding hydrogens is 403 g/mol. The van der Waals surface area contributed by atoms with Gasteiger partial charge < -0.3 is 16.0 Å². The zero-order chi connectivity index (χ0) is 22.2. The number of nitrogens with zero attached hydrogens (tertiary/aromatic N) is 3. The van der Waals surface area contributed by atoms with E-state index in [9.17, 15) is 4.39 Å². The molecule has 7 heteroatoms. The molecule has 6 nitrogen and oxygen atoms in total. The van der Waals surface area contributed by atoms with Crippen LogP contribution < -0.4 is 16.2 Å². The predicted molar refractivity (Wildman–Crippen MR) is 128 cm³/mol. The van der Waals surface area contributed by atoms with Crippen molar-refractivity contribution in [1.29, 1.82) is 5.41 Å². The first-order valence-corrected chi connectivity index (χ1v) is 11.6. The molecule has 3 atom stereocenters. The van der Waals surface area contributed by atoms with E-state index in [0.717, 1.165) is 68.0 Å². The highest BCUT2D eigenvalue weighted by Crippen LogP contribution is 2.52. The standard InChI is InChI=1S/C25H31FN6/c1-16-10-17(12-18(28)11-16)20-6-7-29-15-23(20)30-32-24-5-4-22(26)21(25(24)32)13-19(14-27)31-8-2-3-9-31/h4-7,13-18,27,30H,2-3,8-12,28H2,1H3/b19-13+,27-14?. The second-order valence-electron chi connectivity index (χ2n) is 9.42. The van der Waals surface area contributed by atoms with Gasteiger partial charge in [-0.2, -0.15) is 0 Å². The Morgan fingerprint density at radius 1 is 1.22 bits per heavy atom. The van der Waals surface area contributed by atoms with Crippen LogP contribution in [0.25, 0.3) is 6.08 Å². The van der Waals surface area contributed by atoms with E-state index < -0.39 is 0 Å². The molecule has 1 aliphatic carbocycles. The maximum Gasteiger partial charge on any atom is 0.132 e. The lowest BCUT2D eigenvalue weighted by atomic mass is 9.76. The molecule has 1 saturated carbocycles. The number of hydrogen-bond donors (Lipinski definition) is 3. The molecule has 32 heavy (non-hydrogen) atoms. The molecule has 1 saturated heterocycles. The van der Waals surface area contributed by atoms with Crippen molar-refractivity contribution in [3.05, 3.63) is 53.2 Å². The van der Waals surface area contributed by atoms with Crippen LogP contribution in [0.2, 0.25) is 0 Å². The molecule has 0 radical (unpaired) electrons. The third-order valence-electron chi connectivity index (χ3n) is 6.97. The van der Waals surface area contributed by atoms with Gasteiger partial charge in [0.15, 0.2) is 0 Å². The minimum Gasteiger partial charge on any atom is -0.370 e. The van der Waals surface area contributed by atoms with Crippen molar-refractivity contribution in [3.8, 4) is 0 Å². The van der Waals surface area contributed by atoms with Crippen LogP contribution in [0, 0.1) is 17.1 Å². The number of hydrazine groups is 1. The number of allylic oxidation sites excluding steroid dienone is 1. The third kappa shape index (κ3) is 3.97. The summed E-state index contributed by atoms with van der Waals surface area (Å²) < 4.78 is 14.8. The summed E-state index contributed by atoms with van der Waals surface area (Å²) in [6.07, 6.45) is 12.2. The van der Waals surface area contributed by atoms with Crippen molar-refractivity contribution in [2.75, 3.05) is 23.5 Å². The van der Waals surface area contributed by atoms with Crippen LogP contribution in [-0.4, -0.2) is 35.2 Å². The Hall–Kier alpha value is -2.93.